The second kappa shape index (κ2) is 9.77. The number of alkyl halides is 1. The average molecular weight is 396 g/mol. The number of hydrogen-bond acceptors (Lipinski definition) is 5. The van der Waals surface area contributed by atoms with E-state index in [2.05, 4.69) is 10.4 Å². The maximum Gasteiger partial charge on any atom is 0.305 e. The van der Waals surface area contributed by atoms with E-state index in [0.717, 1.165) is 5.56 Å². The van der Waals surface area contributed by atoms with Crippen LogP contribution in [0.1, 0.15) is 44.0 Å². The van der Waals surface area contributed by atoms with Crippen LogP contribution in [0.25, 0.3) is 0 Å². The van der Waals surface area contributed by atoms with Gasteiger partial charge in [-0.2, -0.15) is 5.10 Å². The SMILES string of the molecule is Cc1cc(=O)n([C@@H](CC(C)C)C(=O)NCCC(=O)O)nc1CCN1CC(F)C1. The highest BCUT2D eigenvalue weighted by Gasteiger charge is 2.27. The molecule has 1 amide bonds. The molecule has 1 aliphatic rings. The van der Waals surface area contributed by atoms with Gasteiger partial charge < -0.3 is 10.4 Å². The molecule has 2 N–H and O–H groups in total. The summed E-state index contributed by atoms with van der Waals surface area (Å²) in [6, 6.07) is 0.661. The van der Waals surface area contributed by atoms with Crippen LogP contribution in [0, 0.1) is 12.8 Å². The van der Waals surface area contributed by atoms with Gasteiger partial charge in [0.05, 0.1) is 12.1 Å². The smallest absolute Gasteiger partial charge is 0.305 e. The third-order valence-electron chi connectivity index (χ3n) is 4.76. The van der Waals surface area contributed by atoms with Gasteiger partial charge in [0.25, 0.3) is 5.56 Å². The summed E-state index contributed by atoms with van der Waals surface area (Å²) in [4.78, 5) is 37.8. The molecule has 0 unspecified atom stereocenters. The number of nitrogens with zero attached hydrogens (tertiary/aromatic N) is 3. The topological polar surface area (TPSA) is 105 Å². The minimum Gasteiger partial charge on any atom is -0.481 e. The molecule has 1 aliphatic heterocycles. The number of likely N-dealkylation sites (tertiary alicyclic amines) is 1. The first-order valence-corrected chi connectivity index (χ1v) is 9.62. The van der Waals surface area contributed by atoms with E-state index in [1.807, 2.05) is 18.7 Å². The van der Waals surface area contributed by atoms with Crippen molar-refractivity contribution in [1.29, 1.82) is 0 Å². The number of hydrogen-bond donors (Lipinski definition) is 2. The number of amides is 1. The van der Waals surface area contributed by atoms with Crippen molar-refractivity contribution in [3.8, 4) is 0 Å². The van der Waals surface area contributed by atoms with Gasteiger partial charge >= 0.3 is 5.97 Å². The Morgan fingerprint density at radius 2 is 2.07 bits per heavy atom. The zero-order valence-corrected chi connectivity index (χ0v) is 16.7. The Morgan fingerprint density at radius 3 is 2.64 bits per heavy atom. The van der Waals surface area contributed by atoms with Crippen LogP contribution >= 0.6 is 0 Å². The van der Waals surface area contributed by atoms with E-state index in [0.29, 0.717) is 38.2 Å². The minimum absolute atomic E-state index is 0.00438. The fourth-order valence-corrected chi connectivity index (χ4v) is 3.19. The summed E-state index contributed by atoms with van der Waals surface area (Å²) in [5.74, 6) is -1.28. The van der Waals surface area contributed by atoms with E-state index in [1.54, 1.807) is 6.92 Å². The van der Waals surface area contributed by atoms with Crippen molar-refractivity contribution in [2.24, 2.45) is 5.92 Å². The molecule has 0 saturated carbocycles. The van der Waals surface area contributed by atoms with Gasteiger partial charge in [-0.25, -0.2) is 9.07 Å². The number of nitrogens with one attached hydrogen (secondary N) is 1. The Labute approximate surface area is 163 Å². The van der Waals surface area contributed by atoms with E-state index in [1.165, 1.54) is 10.7 Å². The van der Waals surface area contributed by atoms with E-state index in [-0.39, 0.29) is 24.4 Å². The van der Waals surface area contributed by atoms with E-state index < -0.39 is 24.1 Å². The number of aliphatic carboxylic acids is 1. The highest BCUT2D eigenvalue weighted by atomic mass is 19.1. The normalized spacial score (nSPS) is 16.0. The van der Waals surface area contributed by atoms with Crippen molar-refractivity contribution in [1.82, 2.24) is 20.0 Å². The molecule has 0 radical (unpaired) electrons. The highest BCUT2D eigenvalue weighted by Crippen LogP contribution is 2.17. The predicted octanol–water partition coefficient (Wildman–Crippen LogP) is 0.926. The van der Waals surface area contributed by atoms with E-state index >= 15 is 0 Å². The Morgan fingerprint density at radius 1 is 1.39 bits per heavy atom. The summed E-state index contributed by atoms with van der Waals surface area (Å²) < 4.78 is 14.2. The molecule has 2 heterocycles. The van der Waals surface area contributed by atoms with Crippen molar-refractivity contribution < 1.29 is 19.1 Å². The van der Waals surface area contributed by atoms with Crippen molar-refractivity contribution >= 4 is 11.9 Å². The molecular formula is C19H29FN4O4. The average Bonchev–Trinajstić information content (AvgIpc) is 2.56. The molecule has 0 aromatic carbocycles. The number of rotatable bonds is 10. The van der Waals surface area contributed by atoms with Crippen LogP contribution in [-0.2, 0) is 16.0 Å². The van der Waals surface area contributed by atoms with Gasteiger partial charge in [0.15, 0.2) is 0 Å². The molecule has 1 fully saturated rings. The first-order chi connectivity index (χ1) is 13.2. The molecule has 1 aromatic rings. The first kappa shape index (κ1) is 22.0. The van der Waals surface area contributed by atoms with Gasteiger partial charge in [-0.3, -0.25) is 19.3 Å². The molecule has 0 aliphatic carbocycles. The summed E-state index contributed by atoms with van der Waals surface area (Å²) in [6.07, 6.45) is 0.0122. The first-order valence-electron chi connectivity index (χ1n) is 9.62. The van der Waals surface area contributed by atoms with Crippen LogP contribution in [0.4, 0.5) is 4.39 Å². The molecule has 1 atom stereocenters. The second-order valence-corrected chi connectivity index (χ2v) is 7.74. The summed E-state index contributed by atoms with van der Waals surface area (Å²) >= 11 is 0. The Balaban J connectivity index is 2.18. The van der Waals surface area contributed by atoms with Gasteiger partial charge in [-0.15, -0.1) is 0 Å². The molecule has 0 bridgehead atoms. The van der Waals surface area contributed by atoms with E-state index in [9.17, 15) is 18.8 Å². The predicted molar refractivity (Wildman–Crippen MR) is 102 cm³/mol. The maximum absolute atomic E-state index is 13.0. The summed E-state index contributed by atoms with van der Waals surface area (Å²) in [7, 11) is 0. The third kappa shape index (κ3) is 6.12. The lowest BCUT2D eigenvalue weighted by Gasteiger charge is -2.34. The molecule has 8 nitrogen and oxygen atoms in total. The number of carbonyl (C=O) groups excluding carboxylic acids is 1. The van der Waals surface area contributed by atoms with Crippen molar-refractivity contribution in [2.45, 2.75) is 52.2 Å². The lowest BCUT2D eigenvalue weighted by Crippen LogP contribution is -2.49. The summed E-state index contributed by atoms with van der Waals surface area (Å²) in [5.41, 5.74) is 1.08. The summed E-state index contributed by atoms with van der Waals surface area (Å²) in [6.45, 7) is 7.15. The van der Waals surface area contributed by atoms with Crippen LogP contribution in [0.2, 0.25) is 0 Å². The van der Waals surface area contributed by atoms with E-state index in [4.69, 9.17) is 5.11 Å². The minimum atomic E-state index is -1.00. The zero-order chi connectivity index (χ0) is 20.8. The monoisotopic (exact) mass is 396 g/mol. The van der Waals surface area contributed by atoms with Crippen molar-refractivity contribution in [3.63, 3.8) is 0 Å². The van der Waals surface area contributed by atoms with Crippen LogP contribution < -0.4 is 10.9 Å². The lowest BCUT2D eigenvalue weighted by atomic mass is 10.0. The van der Waals surface area contributed by atoms with Gasteiger partial charge in [0.1, 0.15) is 12.2 Å². The molecule has 0 spiro atoms. The maximum atomic E-state index is 13.0. The molecular weight excluding hydrogens is 367 g/mol. The standard InChI is InChI=1S/C19H29FN4O4/c1-12(2)8-16(19(28)21-6-4-18(26)27)24-17(25)9-13(3)15(22-24)5-7-23-10-14(20)11-23/h9,12,14,16H,4-8,10-11H2,1-3H3,(H,21,28)(H,26,27)/t16-/m0/s1. The quantitative estimate of drug-likeness (QED) is 0.610. The number of carboxylic acid groups (broad SMARTS) is 1. The Hall–Kier alpha value is -2.29. The van der Waals surface area contributed by atoms with Gasteiger partial charge in [0, 0.05) is 38.7 Å². The van der Waals surface area contributed by atoms with Crippen LogP contribution in [-0.4, -0.2) is 64.0 Å². The molecule has 1 saturated heterocycles. The number of aromatic nitrogens is 2. The molecule has 156 valence electrons. The Bertz CT molecular complexity index is 759. The van der Waals surface area contributed by atoms with Crippen LogP contribution in [0.15, 0.2) is 10.9 Å². The Kier molecular flexibility index (Phi) is 7.68. The second-order valence-electron chi connectivity index (χ2n) is 7.74. The summed E-state index contributed by atoms with van der Waals surface area (Å²) in [5, 5.41) is 15.8. The lowest BCUT2D eigenvalue weighted by molar-refractivity contribution is -0.137. The molecule has 1 aromatic heterocycles. The largest absolute Gasteiger partial charge is 0.481 e. The number of carbonyl (C=O) groups is 2. The van der Waals surface area contributed by atoms with Crippen molar-refractivity contribution in [3.05, 3.63) is 27.7 Å². The molecule has 28 heavy (non-hydrogen) atoms. The number of halogens is 1. The van der Waals surface area contributed by atoms with Crippen LogP contribution in [0.5, 0.6) is 0 Å². The molecule has 9 heteroatoms. The fourth-order valence-electron chi connectivity index (χ4n) is 3.19. The molecule has 2 rings (SSSR count). The third-order valence-corrected chi connectivity index (χ3v) is 4.76. The van der Waals surface area contributed by atoms with Crippen molar-refractivity contribution in [2.75, 3.05) is 26.2 Å². The van der Waals surface area contributed by atoms with Gasteiger partial charge in [0.2, 0.25) is 5.91 Å². The number of carboxylic acids is 1. The van der Waals surface area contributed by atoms with Crippen LogP contribution in [0.3, 0.4) is 0 Å². The van der Waals surface area contributed by atoms with Gasteiger partial charge in [-0.05, 0) is 24.8 Å². The highest BCUT2D eigenvalue weighted by molar-refractivity contribution is 5.80. The number of aryl methyl sites for hydroxylation is 1. The van der Waals surface area contributed by atoms with Gasteiger partial charge in [-0.1, -0.05) is 13.8 Å². The zero-order valence-electron chi connectivity index (χ0n) is 16.7. The fraction of sp³-hybridized carbons (Fsp3) is 0.684.